The van der Waals surface area contributed by atoms with Crippen molar-refractivity contribution in [3.63, 3.8) is 0 Å². The highest BCUT2D eigenvalue weighted by Crippen LogP contribution is 2.35. The molecule has 0 unspecified atom stereocenters. The molecule has 0 saturated heterocycles. The zero-order valence-electron chi connectivity index (χ0n) is 10.1. The fraction of sp³-hybridized carbons (Fsp3) is 0.143. The van der Waals surface area contributed by atoms with E-state index < -0.39 is 0 Å². The van der Waals surface area contributed by atoms with E-state index in [2.05, 4.69) is 48.1 Å². The van der Waals surface area contributed by atoms with E-state index >= 15 is 0 Å². The summed E-state index contributed by atoms with van der Waals surface area (Å²) in [7, 11) is 0. The van der Waals surface area contributed by atoms with Gasteiger partial charge in [0, 0.05) is 4.88 Å². The molecule has 4 heteroatoms. The molecule has 0 bridgehead atoms. The van der Waals surface area contributed by atoms with Crippen LogP contribution in [0, 0.1) is 13.8 Å². The van der Waals surface area contributed by atoms with Gasteiger partial charge in [-0.05, 0) is 25.5 Å². The number of aromatic nitrogens is 2. The van der Waals surface area contributed by atoms with Crippen LogP contribution in [-0.4, -0.2) is 9.97 Å². The van der Waals surface area contributed by atoms with Gasteiger partial charge in [-0.25, -0.2) is 9.97 Å². The Bertz CT molecular complexity index is 713. The van der Waals surface area contributed by atoms with Crippen LogP contribution in [-0.2, 0) is 0 Å². The molecular weight excluding hydrogens is 264 g/mol. The van der Waals surface area contributed by atoms with Crippen molar-refractivity contribution in [1.29, 1.82) is 0 Å². The molecule has 3 aromatic rings. The van der Waals surface area contributed by atoms with Crippen LogP contribution in [0.1, 0.15) is 11.1 Å². The van der Waals surface area contributed by atoms with Crippen LogP contribution in [0.25, 0.3) is 20.7 Å². The summed E-state index contributed by atoms with van der Waals surface area (Å²) in [5.74, 6) is 0. The summed E-state index contributed by atoms with van der Waals surface area (Å²) in [6, 6.07) is 8.60. The summed E-state index contributed by atoms with van der Waals surface area (Å²) in [5, 5.41) is 0.528. The van der Waals surface area contributed by atoms with Gasteiger partial charge in [0.1, 0.15) is 11.5 Å². The molecular formula is C14H11ClN2S. The van der Waals surface area contributed by atoms with E-state index in [1.165, 1.54) is 27.9 Å². The summed E-state index contributed by atoms with van der Waals surface area (Å²) in [6.07, 6.45) is 1.50. The van der Waals surface area contributed by atoms with Crippen molar-refractivity contribution in [2.24, 2.45) is 0 Å². The zero-order valence-corrected chi connectivity index (χ0v) is 11.6. The van der Waals surface area contributed by atoms with Crippen LogP contribution < -0.4 is 0 Å². The van der Waals surface area contributed by atoms with Crippen molar-refractivity contribution in [2.75, 3.05) is 0 Å². The van der Waals surface area contributed by atoms with Crippen molar-refractivity contribution in [3.8, 4) is 10.4 Å². The van der Waals surface area contributed by atoms with Crippen LogP contribution in [0.2, 0.25) is 5.15 Å². The van der Waals surface area contributed by atoms with Crippen molar-refractivity contribution >= 4 is 33.2 Å². The molecule has 2 nitrogen and oxygen atoms in total. The Labute approximate surface area is 114 Å². The lowest BCUT2D eigenvalue weighted by Crippen LogP contribution is -1.79. The standard InChI is InChI=1S/C14H11ClN2S/c1-8-3-9(2)5-10(4-8)12-6-11-13(18-12)14(15)17-7-16-11/h3-7H,1-2H3. The second kappa shape index (κ2) is 4.34. The normalized spacial score (nSPS) is 11.1. The monoisotopic (exact) mass is 274 g/mol. The van der Waals surface area contributed by atoms with Crippen LogP contribution in [0.3, 0.4) is 0 Å². The van der Waals surface area contributed by atoms with Gasteiger partial charge in [0.25, 0.3) is 0 Å². The van der Waals surface area contributed by atoms with Gasteiger partial charge in [-0.2, -0.15) is 0 Å². The van der Waals surface area contributed by atoms with Crippen molar-refractivity contribution in [1.82, 2.24) is 9.97 Å². The first-order valence-corrected chi connectivity index (χ1v) is 6.81. The highest BCUT2D eigenvalue weighted by molar-refractivity contribution is 7.22. The molecule has 0 radical (unpaired) electrons. The summed E-state index contributed by atoms with van der Waals surface area (Å²) in [4.78, 5) is 9.44. The molecule has 18 heavy (non-hydrogen) atoms. The Balaban J connectivity index is 2.22. The molecule has 3 rings (SSSR count). The van der Waals surface area contributed by atoms with Crippen LogP contribution in [0.15, 0.2) is 30.6 Å². The molecule has 0 saturated carbocycles. The minimum Gasteiger partial charge on any atom is -0.235 e. The fourth-order valence-electron chi connectivity index (χ4n) is 2.08. The van der Waals surface area contributed by atoms with Gasteiger partial charge < -0.3 is 0 Å². The van der Waals surface area contributed by atoms with Crippen LogP contribution in [0.4, 0.5) is 0 Å². The van der Waals surface area contributed by atoms with Gasteiger partial charge in [0.15, 0.2) is 0 Å². The minimum absolute atomic E-state index is 0.528. The minimum atomic E-state index is 0.528. The number of aryl methyl sites for hydroxylation is 2. The van der Waals surface area contributed by atoms with Gasteiger partial charge >= 0.3 is 0 Å². The lowest BCUT2D eigenvalue weighted by Gasteiger charge is -2.01. The summed E-state index contributed by atoms with van der Waals surface area (Å²) in [5.41, 5.74) is 4.65. The van der Waals surface area contributed by atoms with Gasteiger partial charge in [-0.15, -0.1) is 11.3 Å². The third-order valence-electron chi connectivity index (χ3n) is 2.77. The van der Waals surface area contributed by atoms with E-state index in [1.807, 2.05) is 0 Å². The molecule has 2 heterocycles. The number of hydrogen-bond acceptors (Lipinski definition) is 3. The van der Waals surface area contributed by atoms with Crippen molar-refractivity contribution in [3.05, 3.63) is 46.9 Å². The Morgan fingerprint density at radius 2 is 1.72 bits per heavy atom. The molecule has 0 spiro atoms. The van der Waals surface area contributed by atoms with E-state index in [0.29, 0.717) is 5.15 Å². The van der Waals surface area contributed by atoms with Gasteiger partial charge in [0.2, 0.25) is 0 Å². The number of nitrogens with zero attached hydrogens (tertiary/aromatic N) is 2. The molecule has 0 N–H and O–H groups in total. The number of halogens is 1. The van der Waals surface area contributed by atoms with E-state index in [1.54, 1.807) is 11.3 Å². The maximum absolute atomic E-state index is 6.08. The Kier molecular flexibility index (Phi) is 2.80. The molecule has 0 atom stereocenters. The third-order valence-corrected chi connectivity index (χ3v) is 4.35. The molecule has 2 aromatic heterocycles. The lowest BCUT2D eigenvalue weighted by atomic mass is 10.1. The van der Waals surface area contributed by atoms with E-state index in [0.717, 1.165) is 10.2 Å². The first-order valence-electron chi connectivity index (χ1n) is 5.62. The van der Waals surface area contributed by atoms with Crippen molar-refractivity contribution in [2.45, 2.75) is 13.8 Å². The number of benzene rings is 1. The smallest absolute Gasteiger partial charge is 0.150 e. The Morgan fingerprint density at radius 1 is 1.00 bits per heavy atom. The van der Waals surface area contributed by atoms with E-state index in [-0.39, 0.29) is 0 Å². The van der Waals surface area contributed by atoms with Gasteiger partial charge in [0.05, 0.1) is 10.2 Å². The quantitative estimate of drug-likeness (QED) is 0.605. The third kappa shape index (κ3) is 2.00. The average molecular weight is 275 g/mol. The topological polar surface area (TPSA) is 25.8 Å². The number of thiophene rings is 1. The number of hydrogen-bond donors (Lipinski definition) is 0. The molecule has 0 fully saturated rings. The maximum atomic E-state index is 6.08. The lowest BCUT2D eigenvalue weighted by molar-refractivity contribution is 1.23. The SMILES string of the molecule is Cc1cc(C)cc(-c2cc3ncnc(Cl)c3s2)c1. The molecule has 1 aromatic carbocycles. The summed E-state index contributed by atoms with van der Waals surface area (Å²) in [6.45, 7) is 4.22. The van der Waals surface area contributed by atoms with Gasteiger partial charge in [-0.3, -0.25) is 0 Å². The highest BCUT2D eigenvalue weighted by Gasteiger charge is 2.09. The number of fused-ring (bicyclic) bond motifs is 1. The summed E-state index contributed by atoms with van der Waals surface area (Å²) >= 11 is 7.72. The maximum Gasteiger partial charge on any atom is 0.150 e. The number of rotatable bonds is 1. The molecule has 0 amide bonds. The van der Waals surface area contributed by atoms with Crippen molar-refractivity contribution < 1.29 is 0 Å². The predicted molar refractivity (Wildman–Crippen MR) is 77.3 cm³/mol. The first-order chi connectivity index (χ1) is 8.63. The molecule has 0 aliphatic rings. The average Bonchev–Trinajstić information content (AvgIpc) is 2.73. The van der Waals surface area contributed by atoms with Crippen LogP contribution >= 0.6 is 22.9 Å². The second-order valence-corrected chi connectivity index (χ2v) is 5.78. The molecule has 0 aliphatic carbocycles. The van der Waals surface area contributed by atoms with E-state index in [9.17, 15) is 0 Å². The molecule has 90 valence electrons. The first kappa shape index (κ1) is 11.6. The zero-order chi connectivity index (χ0) is 12.7. The summed E-state index contributed by atoms with van der Waals surface area (Å²) < 4.78 is 0.952. The van der Waals surface area contributed by atoms with Crippen LogP contribution in [0.5, 0.6) is 0 Å². The Hall–Kier alpha value is -1.45. The molecule has 0 aliphatic heterocycles. The Morgan fingerprint density at radius 3 is 2.39 bits per heavy atom. The van der Waals surface area contributed by atoms with E-state index in [4.69, 9.17) is 11.6 Å². The highest BCUT2D eigenvalue weighted by atomic mass is 35.5. The van der Waals surface area contributed by atoms with Gasteiger partial charge in [-0.1, -0.05) is 40.9 Å². The fourth-order valence-corrected chi connectivity index (χ4v) is 3.32. The predicted octanol–water partition coefficient (Wildman–Crippen LogP) is 4.63. The largest absolute Gasteiger partial charge is 0.235 e. The second-order valence-electron chi connectivity index (χ2n) is 4.37.